The van der Waals surface area contributed by atoms with Crippen LogP contribution in [0.5, 0.6) is 0 Å². The average molecular weight is 479 g/mol. The first-order valence-corrected chi connectivity index (χ1v) is 11.1. The van der Waals surface area contributed by atoms with Crippen LogP contribution >= 0.6 is 0 Å². The van der Waals surface area contributed by atoms with Crippen LogP contribution in [0.2, 0.25) is 0 Å². The van der Waals surface area contributed by atoms with Gasteiger partial charge in [-0.15, -0.1) is 0 Å². The molecule has 184 valence electrons. The zero-order valence-corrected chi connectivity index (χ0v) is 20.7. The van der Waals surface area contributed by atoms with Gasteiger partial charge in [0.25, 0.3) is 0 Å². The number of cyclic esters (lactones) is 1. The van der Waals surface area contributed by atoms with E-state index in [4.69, 9.17) is 14.2 Å². The fraction of sp³-hybridized carbons (Fsp3) is 0.296. The molecule has 0 saturated carbocycles. The lowest BCUT2D eigenvalue weighted by Crippen LogP contribution is -2.27. The molecule has 1 aliphatic heterocycles. The number of amides is 2. The molecule has 0 saturated heterocycles. The third kappa shape index (κ3) is 8.03. The zero-order chi connectivity index (χ0) is 25.8. The number of ether oxygens (including phenoxy) is 3. The molecule has 0 spiro atoms. The predicted octanol–water partition coefficient (Wildman–Crippen LogP) is 6.36. The van der Waals surface area contributed by atoms with Crippen LogP contribution in [0, 0.1) is 0 Å². The van der Waals surface area contributed by atoms with Crippen LogP contribution in [-0.2, 0) is 19.0 Å². The lowest BCUT2D eigenvalue weighted by Gasteiger charge is -2.19. The molecule has 0 unspecified atom stereocenters. The van der Waals surface area contributed by atoms with Gasteiger partial charge in [-0.05, 0) is 83.0 Å². The third-order valence-corrected chi connectivity index (χ3v) is 4.43. The van der Waals surface area contributed by atoms with Crippen LogP contribution in [0.15, 0.2) is 60.4 Å². The standard InChI is InChI=1S/C27H30N2O6/c1-26(2,3)34-24(31)28-19-11-7-17(8-12-19)15-22-21(16-23(30)33-22)18-9-13-20(14-10-18)29-25(32)35-27(4,5)6/h7-16H,1-6H3,(H,28,31)(H,29,32)/b22-15-. The van der Waals surface area contributed by atoms with Gasteiger partial charge < -0.3 is 14.2 Å². The minimum absolute atomic E-state index is 0.399. The van der Waals surface area contributed by atoms with Crippen LogP contribution in [0.3, 0.4) is 0 Å². The molecule has 0 fully saturated rings. The highest BCUT2D eigenvalue weighted by Crippen LogP contribution is 2.32. The number of carbonyl (C=O) groups excluding carboxylic acids is 3. The summed E-state index contributed by atoms with van der Waals surface area (Å²) in [6, 6.07) is 14.0. The van der Waals surface area contributed by atoms with Crippen LogP contribution in [0.1, 0.15) is 52.7 Å². The summed E-state index contributed by atoms with van der Waals surface area (Å²) in [5, 5.41) is 5.35. The maximum Gasteiger partial charge on any atom is 0.412 e. The second kappa shape index (κ2) is 10.0. The van der Waals surface area contributed by atoms with Crippen LogP contribution in [0.25, 0.3) is 11.6 Å². The molecule has 0 aromatic heterocycles. The number of nitrogens with one attached hydrogen (secondary N) is 2. The van der Waals surface area contributed by atoms with Crippen molar-refractivity contribution in [2.24, 2.45) is 0 Å². The maximum atomic E-state index is 12.0. The van der Waals surface area contributed by atoms with Crippen molar-refractivity contribution in [3.63, 3.8) is 0 Å². The highest BCUT2D eigenvalue weighted by molar-refractivity contribution is 6.03. The van der Waals surface area contributed by atoms with E-state index in [1.54, 1.807) is 96.1 Å². The summed E-state index contributed by atoms with van der Waals surface area (Å²) in [5.41, 5.74) is 2.10. The molecule has 35 heavy (non-hydrogen) atoms. The van der Waals surface area contributed by atoms with Crippen molar-refractivity contribution in [1.29, 1.82) is 0 Å². The van der Waals surface area contributed by atoms with Gasteiger partial charge in [0.2, 0.25) is 0 Å². The number of anilines is 2. The second-order valence-corrected chi connectivity index (χ2v) is 9.94. The quantitative estimate of drug-likeness (QED) is 0.391. The normalized spacial score (nSPS) is 14.7. The molecule has 3 rings (SSSR count). The Morgan fingerprint density at radius 2 is 1.23 bits per heavy atom. The first-order chi connectivity index (χ1) is 16.3. The SMILES string of the molecule is CC(C)(C)OC(=O)Nc1ccc(/C=C2\OC(=O)C=C2c2ccc(NC(=O)OC(C)(C)C)cc2)cc1. The number of esters is 1. The Labute approximate surface area is 205 Å². The second-order valence-electron chi connectivity index (χ2n) is 9.94. The largest absolute Gasteiger partial charge is 0.444 e. The molecule has 8 nitrogen and oxygen atoms in total. The van der Waals surface area contributed by atoms with Gasteiger partial charge in [-0.2, -0.15) is 0 Å². The van der Waals surface area contributed by atoms with Crippen molar-refractivity contribution < 1.29 is 28.6 Å². The molecule has 2 N–H and O–H groups in total. The molecule has 8 heteroatoms. The predicted molar refractivity (Wildman–Crippen MR) is 135 cm³/mol. The van der Waals surface area contributed by atoms with E-state index < -0.39 is 29.4 Å². The topological polar surface area (TPSA) is 103 Å². The highest BCUT2D eigenvalue weighted by atomic mass is 16.6. The Kier molecular flexibility index (Phi) is 7.34. The summed E-state index contributed by atoms with van der Waals surface area (Å²) in [4.78, 5) is 35.9. The summed E-state index contributed by atoms with van der Waals surface area (Å²) in [7, 11) is 0. The van der Waals surface area contributed by atoms with Crippen molar-refractivity contribution in [3.8, 4) is 0 Å². The van der Waals surface area contributed by atoms with Crippen molar-refractivity contribution in [2.75, 3.05) is 10.6 Å². The summed E-state index contributed by atoms with van der Waals surface area (Å²) >= 11 is 0. The van der Waals surface area contributed by atoms with E-state index in [0.717, 1.165) is 11.1 Å². The van der Waals surface area contributed by atoms with E-state index in [2.05, 4.69) is 10.6 Å². The molecular formula is C27H30N2O6. The van der Waals surface area contributed by atoms with Crippen molar-refractivity contribution in [1.82, 2.24) is 0 Å². The van der Waals surface area contributed by atoms with Gasteiger partial charge in [0, 0.05) is 23.0 Å². The van der Waals surface area contributed by atoms with Gasteiger partial charge in [-0.3, -0.25) is 10.6 Å². The van der Waals surface area contributed by atoms with Gasteiger partial charge in [0.1, 0.15) is 17.0 Å². The molecule has 0 bridgehead atoms. The smallest absolute Gasteiger partial charge is 0.412 e. The Bertz CT molecular complexity index is 1160. The molecule has 0 aliphatic carbocycles. The van der Waals surface area contributed by atoms with Gasteiger partial charge in [0.05, 0.1) is 0 Å². The van der Waals surface area contributed by atoms with Crippen molar-refractivity contribution in [3.05, 3.63) is 71.5 Å². The van der Waals surface area contributed by atoms with Crippen LogP contribution in [-0.4, -0.2) is 29.4 Å². The number of hydrogen-bond acceptors (Lipinski definition) is 6. The summed E-state index contributed by atoms with van der Waals surface area (Å²) in [6.45, 7) is 10.7. The molecular weight excluding hydrogens is 448 g/mol. The van der Waals surface area contributed by atoms with E-state index in [1.165, 1.54) is 6.08 Å². The minimum Gasteiger partial charge on any atom is -0.444 e. The van der Waals surface area contributed by atoms with Crippen LogP contribution in [0.4, 0.5) is 21.0 Å². The van der Waals surface area contributed by atoms with E-state index in [-0.39, 0.29) is 0 Å². The minimum atomic E-state index is -0.597. The van der Waals surface area contributed by atoms with Gasteiger partial charge >= 0.3 is 18.2 Å². The molecule has 0 radical (unpaired) electrons. The Morgan fingerprint density at radius 3 is 1.69 bits per heavy atom. The summed E-state index contributed by atoms with van der Waals surface area (Å²) in [6.07, 6.45) is 2.07. The molecule has 2 aromatic rings. The molecule has 2 aromatic carbocycles. The van der Waals surface area contributed by atoms with Gasteiger partial charge in [-0.1, -0.05) is 24.3 Å². The van der Waals surface area contributed by atoms with E-state index in [0.29, 0.717) is 22.7 Å². The maximum absolute atomic E-state index is 12.0. The molecule has 1 aliphatic rings. The molecule has 1 heterocycles. The number of allylic oxidation sites excluding steroid dienone is 1. The first kappa shape index (κ1) is 25.6. The van der Waals surface area contributed by atoms with Crippen molar-refractivity contribution >= 4 is 41.2 Å². The third-order valence-electron chi connectivity index (χ3n) is 4.43. The van der Waals surface area contributed by atoms with Gasteiger partial charge in [0.15, 0.2) is 0 Å². The number of benzene rings is 2. The highest BCUT2D eigenvalue weighted by Gasteiger charge is 2.22. The molecule has 2 amide bonds. The monoisotopic (exact) mass is 478 g/mol. The molecule has 0 atom stereocenters. The van der Waals surface area contributed by atoms with E-state index >= 15 is 0 Å². The zero-order valence-electron chi connectivity index (χ0n) is 20.7. The first-order valence-electron chi connectivity index (χ1n) is 11.1. The Morgan fingerprint density at radius 1 is 0.771 bits per heavy atom. The van der Waals surface area contributed by atoms with E-state index in [9.17, 15) is 14.4 Å². The number of rotatable bonds is 4. The Balaban J connectivity index is 1.70. The Hall–Kier alpha value is -4.07. The van der Waals surface area contributed by atoms with Gasteiger partial charge in [-0.25, -0.2) is 14.4 Å². The fourth-order valence-corrected chi connectivity index (χ4v) is 3.10. The average Bonchev–Trinajstić information content (AvgIpc) is 3.07. The van der Waals surface area contributed by atoms with Crippen LogP contribution < -0.4 is 10.6 Å². The number of hydrogen-bond donors (Lipinski definition) is 2. The van der Waals surface area contributed by atoms with E-state index in [1.807, 2.05) is 0 Å². The van der Waals surface area contributed by atoms with Crippen molar-refractivity contribution in [2.45, 2.75) is 52.7 Å². The lowest BCUT2D eigenvalue weighted by atomic mass is 10.0. The summed E-state index contributed by atoms with van der Waals surface area (Å²) < 4.78 is 15.9. The fourth-order valence-electron chi connectivity index (χ4n) is 3.10. The lowest BCUT2D eigenvalue weighted by molar-refractivity contribution is -0.132. The summed E-state index contributed by atoms with van der Waals surface area (Å²) in [5.74, 6) is -0.0684. The number of carbonyl (C=O) groups is 3.